The van der Waals surface area contributed by atoms with Gasteiger partial charge in [0, 0.05) is 38.2 Å². The maximum Gasteiger partial charge on any atom is 0.256 e. The monoisotopic (exact) mass is 483 g/mol. The van der Waals surface area contributed by atoms with Crippen molar-refractivity contribution in [3.05, 3.63) is 53.9 Å². The van der Waals surface area contributed by atoms with Crippen molar-refractivity contribution in [3.8, 4) is 11.1 Å². The summed E-state index contributed by atoms with van der Waals surface area (Å²) < 4.78 is 2.01. The summed E-state index contributed by atoms with van der Waals surface area (Å²) in [6.07, 6.45) is 4.54. The van der Waals surface area contributed by atoms with Crippen LogP contribution in [0.1, 0.15) is 36.8 Å². The number of aromatic nitrogens is 2. The molecule has 2 aliphatic heterocycles. The minimum Gasteiger partial charge on any atom is -0.380 e. The number of amides is 2. The first kappa shape index (κ1) is 21.7. The lowest BCUT2D eigenvalue weighted by atomic mass is 9.96. The third kappa shape index (κ3) is 3.24. The molecule has 8 heteroatoms. The molecule has 3 heterocycles. The number of rotatable bonds is 5. The number of nitrogens with zero attached hydrogens (tertiary/aromatic N) is 5. The number of benzene rings is 2. The van der Waals surface area contributed by atoms with Crippen molar-refractivity contribution in [3.63, 3.8) is 0 Å². The zero-order valence-electron chi connectivity index (χ0n) is 20.6. The third-order valence-electron chi connectivity index (χ3n) is 8.28. The van der Waals surface area contributed by atoms with Crippen molar-refractivity contribution >= 4 is 28.7 Å². The van der Waals surface area contributed by atoms with Crippen molar-refractivity contribution in [1.29, 1.82) is 0 Å². The molecule has 36 heavy (non-hydrogen) atoms. The Morgan fingerprint density at radius 1 is 1.08 bits per heavy atom. The van der Waals surface area contributed by atoms with Crippen molar-refractivity contribution in [1.82, 2.24) is 19.4 Å². The van der Waals surface area contributed by atoms with Gasteiger partial charge in [-0.15, -0.1) is 0 Å². The van der Waals surface area contributed by atoms with Gasteiger partial charge < -0.3 is 14.6 Å². The first-order valence-corrected chi connectivity index (χ1v) is 12.7. The minimum absolute atomic E-state index is 0.0900. The lowest BCUT2D eigenvalue weighted by Crippen LogP contribution is -2.57. The van der Waals surface area contributed by atoms with Gasteiger partial charge in [-0.25, -0.2) is 4.98 Å². The number of amidine groups is 1. The Bertz CT molecular complexity index is 1470. The van der Waals surface area contributed by atoms with Crippen molar-refractivity contribution in [2.75, 3.05) is 19.6 Å². The van der Waals surface area contributed by atoms with Gasteiger partial charge in [0.1, 0.15) is 17.0 Å². The molecule has 0 unspecified atom stereocenters. The van der Waals surface area contributed by atoms with Gasteiger partial charge in [0.05, 0.1) is 17.4 Å². The van der Waals surface area contributed by atoms with Crippen LogP contribution in [0.25, 0.3) is 22.2 Å². The molecule has 0 bridgehead atoms. The Morgan fingerprint density at radius 2 is 1.81 bits per heavy atom. The maximum absolute atomic E-state index is 13.3. The van der Waals surface area contributed by atoms with Crippen molar-refractivity contribution in [2.24, 2.45) is 18.0 Å². The number of likely N-dealkylation sites (tertiary alicyclic amines) is 1. The molecule has 2 saturated carbocycles. The standard InChI is InChI=1S/C28H29N5O3/c1-17-11-19(20-4-6-23-22(12-20)29-16-31(23)2)3-5-21(17)24-30-27(7-8-27)25(34)33(24)15-18-13-32(14-18)26(35)28(36)9-10-28/h3-6,11-12,16,18,36H,7-10,13-15H2,1-2H3. The van der Waals surface area contributed by atoms with E-state index in [1.54, 1.807) is 4.90 Å². The van der Waals surface area contributed by atoms with Crippen molar-refractivity contribution < 1.29 is 14.7 Å². The first-order valence-electron chi connectivity index (χ1n) is 12.7. The van der Waals surface area contributed by atoms with Crippen LogP contribution in [-0.2, 0) is 16.6 Å². The fourth-order valence-electron chi connectivity index (χ4n) is 5.62. The second-order valence-electron chi connectivity index (χ2n) is 11.1. The summed E-state index contributed by atoms with van der Waals surface area (Å²) in [5.41, 5.74) is 4.62. The van der Waals surface area contributed by atoms with Gasteiger partial charge in [-0.1, -0.05) is 24.3 Å². The summed E-state index contributed by atoms with van der Waals surface area (Å²) in [5.74, 6) is 0.887. The number of hydrogen-bond acceptors (Lipinski definition) is 5. The Labute approximate surface area is 209 Å². The molecule has 4 aliphatic rings. The van der Waals surface area contributed by atoms with E-state index < -0.39 is 11.1 Å². The summed E-state index contributed by atoms with van der Waals surface area (Å²) >= 11 is 0. The predicted octanol–water partition coefficient (Wildman–Crippen LogP) is 2.65. The van der Waals surface area contributed by atoms with Crippen LogP contribution in [0.5, 0.6) is 0 Å². The molecule has 1 spiro atoms. The summed E-state index contributed by atoms with van der Waals surface area (Å²) in [5, 5.41) is 10.1. The molecular formula is C28H29N5O3. The van der Waals surface area contributed by atoms with Gasteiger partial charge >= 0.3 is 0 Å². The highest BCUT2D eigenvalue weighted by molar-refractivity contribution is 6.17. The van der Waals surface area contributed by atoms with Crippen LogP contribution in [0.3, 0.4) is 0 Å². The predicted molar refractivity (Wildman–Crippen MR) is 135 cm³/mol. The average molecular weight is 484 g/mol. The number of aliphatic hydroxyl groups is 1. The van der Waals surface area contributed by atoms with E-state index in [9.17, 15) is 14.7 Å². The van der Waals surface area contributed by atoms with E-state index in [4.69, 9.17) is 4.99 Å². The van der Waals surface area contributed by atoms with E-state index in [2.05, 4.69) is 48.3 Å². The molecule has 2 aromatic carbocycles. The molecule has 7 rings (SSSR count). The fraction of sp³-hybridized carbons (Fsp3) is 0.429. The molecule has 3 fully saturated rings. The average Bonchev–Trinajstić information content (AvgIpc) is 3.74. The van der Waals surface area contributed by atoms with Gasteiger partial charge in [-0.2, -0.15) is 0 Å². The molecule has 0 atom stereocenters. The van der Waals surface area contributed by atoms with Gasteiger partial charge in [0.15, 0.2) is 0 Å². The number of aliphatic imine (C=N–C) groups is 1. The number of imidazole rings is 1. The summed E-state index contributed by atoms with van der Waals surface area (Å²) in [4.78, 5) is 38.7. The van der Waals surface area contributed by atoms with Crippen LogP contribution in [-0.4, -0.2) is 72.9 Å². The summed E-state index contributed by atoms with van der Waals surface area (Å²) in [6, 6.07) is 12.6. The van der Waals surface area contributed by atoms with Crippen LogP contribution in [0.2, 0.25) is 0 Å². The first-order chi connectivity index (χ1) is 17.3. The smallest absolute Gasteiger partial charge is 0.256 e. The van der Waals surface area contributed by atoms with Crippen LogP contribution in [0.15, 0.2) is 47.7 Å². The van der Waals surface area contributed by atoms with Crippen LogP contribution < -0.4 is 0 Å². The molecule has 0 radical (unpaired) electrons. The van der Waals surface area contributed by atoms with E-state index in [-0.39, 0.29) is 17.7 Å². The molecule has 1 aromatic heterocycles. The lowest BCUT2D eigenvalue weighted by molar-refractivity contribution is -0.149. The molecular weight excluding hydrogens is 454 g/mol. The highest BCUT2D eigenvalue weighted by Crippen LogP contribution is 2.47. The summed E-state index contributed by atoms with van der Waals surface area (Å²) in [7, 11) is 1.99. The number of carbonyl (C=O) groups is 2. The van der Waals surface area contributed by atoms with Crippen LogP contribution in [0.4, 0.5) is 0 Å². The molecule has 2 aliphatic carbocycles. The Hall–Kier alpha value is -3.52. The topological polar surface area (TPSA) is 91.0 Å². The number of hydrogen-bond donors (Lipinski definition) is 1. The second-order valence-corrected chi connectivity index (χ2v) is 11.1. The van der Waals surface area contributed by atoms with E-state index in [0.29, 0.717) is 32.5 Å². The quantitative estimate of drug-likeness (QED) is 0.604. The molecule has 184 valence electrons. The van der Waals surface area contributed by atoms with E-state index in [1.807, 2.05) is 22.8 Å². The van der Waals surface area contributed by atoms with Gasteiger partial charge in [-0.3, -0.25) is 19.5 Å². The van der Waals surface area contributed by atoms with E-state index >= 15 is 0 Å². The van der Waals surface area contributed by atoms with E-state index in [1.165, 1.54) is 0 Å². The Kier molecular flexibility index (Phi) is 4.38. The SMILES string of the molecule is Cc1cc(-c2ccc3c(c2)ncn3C)ccc1C1=NC2(CC2)C(=O)N1CC1CN(C(=O)C2(O)CC2)C1. The second kappa shape index (κ2) is 7.26. The molecule has 8 nitrogen and oxygen atoms in total. The number of fused-ring (bicyclic) bond motifs is 1. The van der Waals surface area contributed by atoms with Gasteiger partial charge in [0.2, 0.25) is 0 Å². The zero-order valence-corrected chi connectivity index (χ0v) is 20.6. The summed E-state index contributed by atoms with van der Waals surface area (Å²) in [6.45, 7) is 3.79. The third-order valence-corrected chi connectivity index (χ3v) is 8.28. The van der Waals surface area contributed by atoms with Gasteiger partial charge in [0.25, 0.3) is 11.8 Å². The van der Waals surface area contributed by atoms with E-state index in [0.717, 1.165) is 52.0 Å². The molecule has 1 saturated heterocycles. The molecule has 1 N–H and O–H groups in total. The normalized spacial score (nSPS) is 21.8. The highest BCUT2D eigenvalue weighted by atomic mass is 16.3. The maximum atomic E-state index is 13.3. The minimum atomic E-state index is -1.13. The Morgan fingerprint density at radius 3 is 2.50 bits per heavy atom. The number of aryl methyl sites for hydroxylation is 2. The Balaban J connectivity index is 1.13. The fourth-order valence-corrected chi connectivity index (χ4v) is 5.62. The van der Waals surface area contributed by atoms with Crippen LogP contribution in [0, 0.1) is 12.8 Å². The van der Waals surface area contributed by atoms with Crippen LogP contribution >= 0.6 is 0 Å². The zero-order chi connectivity index (χ0) is 24.8. The highest BCUT2D eigenvalue weighted by Gasteiger charge is 2.58. The van der Waals surface area contributed by atoms with Gasteiger partial charge in [-0.05, 0) is 61.4 Å². The molecule has 3 aromatic rings. The van der Waals surface area contributed by atoms with Crippen molar-refractivity contribution in [2.45, 2.75) is 43.7 Å². The lowest BCUT2D eigenvalue weighted by Gasteiger charge is -2.42. The molecule has 2 amide bonds. The largest absolute Gasteiger partial charge is 0.380 e. The number of carbonyl (C=O) groups excluding carboxylic acids is 2.